The molecule has 0 aromatic heterocycles. The van der Waals surface area contributed by atoms with Crippen molar-refractivity contribution in [2.45, 2.75) is 26.3 Å². The maximum atomic E-state index is 12.2. The molecule has 8 nitrogen and oxygen atoms in total. The number of methoxy groups -OCH3 is 3. The van der Waals surface area contributed by atoms with Crippen LogP contribution in [0.1, 0.15) is 20.3 Å². The van der Waals surface area contributed by atoms with Crippen molar-refractivity contribution in [3.05, 3.63) is 12.1 Å². The number of rotatable bonds is 9. The highest BCUT2D eigenvalue weighted by Crippen LogP contribution is 2.41. The first-order chi connectivity index (χ1) is 11.6. The molecule has 0 heterocycles. The van der Waals surface area contributed by atoms with Crippen LogP contribution in [0, 0.1) is 0 Å². The molecular formula is C16H26N2O6S. The summed E-state index contributed by atoms with van der Waals surface area (Å²) in [4.78, 5) is 11.9. The summed E-state index contributed by atoms with van der Waals surface area (Å²) >= 11 is 0. The topological polar surface area (TPSA) is 94.2 Å². The van der Waals surface area contributed by atoms with Gasteiger partial charge in [-0.1, -0.05) is 0 Å². The van der Waals surface area contributed by atoms with Gasteiger partial charge in [-0.15, -0.1) is 0 Å². The lowest BCUT2D eigenvalue weighted by Crippen LogP contribution is -2.36. The molecule has 25 heavy (non-hydrogen) atoms. The second-order valence-electron chi connectivity index (χ2n) is 5.69. The van der Waals surface area contributed by atoms with Crippen LogP contribution >= 0.6 is 0 Å². The molecule has 0 aliphatic rings. The number of carbonyl (C=O) groups excluding carboxylic acids is 1. The number of benzene rings is 1. The molecule has 1 amide bonds. The average Bonchev–Trinajstić information content (AvgIpc) is 2.51. The number of hydrogen-bond donors (Lipinski definition) is 1. The van der Waals surface area contributed by atoms with E-state index in [1.165, 1.54) is 33.5 Å². The van der Waals surface area contributed by atoms with Crippen molar-refractivity contribution in [2.24, 2.45) is 0 Å². The highest BCUT2D eigenvalue weighted by molar-refractivity contribution is 7.92. The minimum absolute atomic E-state index is 0.00394. The number of sulfonamides is 1. The fourth-order valence-electron chi connectivity index (χ4n) is 2.29. The smallest absolute Gasteiger partial charge is 0.232 e. The minimum Gasteiger partial charge on any atom is -0.493 e. The van der Waals surface area contributed by atoms with Gasteiger partial charge in [-0.25, -0.2) is 8.42 Å². The molecule has 0 radical (unpaired) electrons. The number of hydrogen-bond acceptors (Lipinski definition) is 6. The van der Waals surface area contributed by atoms with Crippen LogP contribution in [0.2, 0.25) is 0 Å². The molecule has 0 aliphatic heterocycles. The summed E-state index contributed by atoms with van der Waals surface area (Å²) in [6, 6.07) is 3.05. The number of carbonyl (C=O) groups is 1. The van der Waals surface area contributed by atoms with E-state index in [9.17, 15) is 13.2 Å². The van der Waals surface area contributed by atoms with Gasteiger partial charge in [0.15, 0.2) is 11.5 Å². The van der Waals surface area contributed by atoms with Crippen molar-refractivity contribution >= 4 is 21.6 Å². The second-order valence-corrected chi connectivity index (χ2v) is 7.60. The maximum absolute atomic E-state index is 12.2. The second kappa shape index (κ2) is 8.80. The predicted molar refractivity (Wildman–Crippen MR) is 96.2 cm³/mol. The maximum Gasteiger partial charge on any atom is 0.232 e. The van der Waals surface area contributed by atoms with Gasteiger partial charge in [0, 0.05) is 31.1 Å². The van der Waals surface area contributed by atoms with Crippen LogP contribution in [-0.4, -0.2) is 54.5 Å². The standard InChI is InChI=1S/C16H26N2O6S/c1-11(2)17-15(19)7-8-18(25(6,20)21)12-9-13(22-3)16(24-5)14(10-12)23-4/h9-11H,7-8H2,1-6H3,(H,17,19). The predicted octanol–water partition coefficient (Wildman–Crippen LogP) is 1.39. The molecule has 1 N–H and O–H groups in total. The molecule has 0 spiro atoms. The Balaban J connectivity index is 3.22. The monoisotopic (exact) mass is 374 g/mol. The Kier molecular flexibility index (Phi) is 7.35. The van der Waals surface area contributed by atoms with Crippen molar-refractivity contribution < 1.29 is 27.4 Å². The van der Waals surface area contributed by atoms with E-state index < -0.39 is 10.0 Å². The largest absolute Gasteiger partial charge is 0.493 e. The van der Waals surface area contributed by atoms with Crippen LogP contribution in [-0.2, 0) is 14.8 Å². The minimum atomic E-state index is -3.61. The molecular weight excluding hydrogens is 348 g/mol. The summed E-state index contributed by atoms with van der Waals surface area (Å²) in [5, 5.41) is 2.73. The van der Waals surface area contributed by atoms with E-state index in [4.69, 9.17) is 14.2 Å². The Morgan fingerprint density at radius 1 is 1.12 bits per heavy atom. The number of nitrogens with one attached hydrogen (secondary N) is 1. The van der Waals surface area contributed by atoms with Crippen molar-refractivity contribution in [3.8, 4) is 17.2 Å². The Morgan fingerprint density at radius 3 is 2.00 bits per heavy atom. The number of nitrogens with zero attached hydrogens (tertiary/aromatic N) is 1. The zero-order valence-corrected chi connectivity index (χ0v) is 16.3. The van der Waals surface area contributed by atoms with Crippen LogP contribution in [0.4, 0.5) is 5.69 Å². The molecule has 9 heteroatoms. The van der Waals surface area contributed by atoms with Gasteiger partial charge in [-0.05, 0) is 13.8 Å². The summed E-state index contributed by atoms with van der Waals surface area (Å²) < 4.78 is 41.3. The van der Waals surface area contributed by atoms with Gasteiger partial charge < -0.3 is 19.5 Å². The van der Waals surface area contributed by atoms with Gasteiger partial charge in [0.2, 0.25) is 21.7 Å². The van der Waals surface area contributed by atoms with Crippen molar-refractivity contribution in [1.82, 2.24) is 5.32 Å². The van der Waals surface area contributed by atoms with Crippen LogP contribution in [0.3, 0.4) is 0 Å². The van der Waals surface area contributed by atoms with E-state index in [2.05, 4.69) is 5.32 Å². The van der Waals surface area contributed by atoms with Crippen LogP contribution in [0.25, 0.3) is 0 Å². The average molecular weight is 374 g/mol. The summed E-state index contributed by atoms with van der Waals surface area (Å²) in [6.07, 6.45) is 1.11. The van der Waals surface area contributed by atoms with E-state index in [-0.39, 0.29) is 24.9 Å². The summed E-state index contributed by atoms with van der Waals surface area (Å²) in [6.45, 7) is 3.67. The molecule has 1 aromatic rings. The molecule has 142 valence electrons. The highest BCUT2D eigenvalue weighted by Gasteiger charge is 2.23. The Hall–Kier alpha value is -2.16. The van der Waals surface area contributed by atoms with Crippen molar-refractivity contribution in [2.75, 3.05) is 38.4 Å². The molecule has 0 aliphatic carbocycles. The normalized spacial score (nSPS) is 11.2. The molecule has 1 aromatic carbocycles. The van der Waals surface area contributed by atoms with E-state index in [1.807, 2.05) is 13.8 Å². The van der Waals surface area contributed by atoms with Crippen LogP contribution < -0.4 is 23.8 Å². The zero-order valence-electron chi connectivity index (χ0n) is 15.5. The number of ether oxygens (including phenoxy) is 3. The third kappa shape index (κ3) is 5.70. The lowest BCUT2D eigenvalue weighted by molar-refractivity contribution is -0.121. The number of amides is 1. The Bertz CT molecular complexity index is 678. The van der Waals surface area contributed by atoms with Crippen LogP contribution in [0.5, 0.6) is 17.2 Å². The lowest BCUT2D eigenvalue weighted by Gasteiger charge is -2.24. The SMILES string of the molecule is COc1cc(N(CCC(=O)NC(C)C)S(C)(=O)=O)cc(OC)c1OC. The van der Waals surface area contributed by atoms with Gasteiger partial charge in [0.25, 0.3) is 0 Å². The fraction of sp³-hybridized carbons (Fsp3) is 0.562. The Morgan fingerprint density at radius 2 is 1.64 bits per heavy atom. The van der Waals surface area contributed by atoms with E-state index in [1.54, 1.807) is 0 Å². The first-order valence-electron chi connectivity index (χ1n) is 7.71. The summed E-state index contributed by atoms with van der Waals surface area (Å²) in [5.74, 6) is 0.796. The van der Waals surface area contributed by atoms with E-state index >= 15 is 0 Å². The molecule has 0 bridgehead atoms. The molecule has 0 saturated carbocycles. The highest BCUT2D eigenvalue weighted by atomic mass is 32.2. The number of anilines is 1. The summed E-state index contributed by atoms with van der Waals surface area (Å²) in [7, 11) is 0.745. The van der Waals surface area contributed by atoms with Crippen LogP contribution in [0.15, 0.2) is 12.1 Å². The first-order valence-corrected chi connectivity index (χ1v) is 9.56. The quantitative estimate of drug-likeness (QED) is 0.702. The molecule has 0 saturated heterocycles. The van der Waals surface area contributed by atoms with Gasteiger partial charge in [0.1, 0.15) is 0 Å². The fourth-order valence-corrected chi connectivity index (χ4v) is 3.21. The Labute approximate surface area is 149 Å². The molecule has 0 unspecified atom stereocenters. The molecule has 0 fully saturated rings. The van der Waals surface area contributed by atoms with Gasteiger partial charge in [-0.3, -0.25) is 9.10 Å². The third-order valence-electron chi connectivity index (χ3n) is 3.33. The van der Waals surface area contributed by atoms with Crippen molar-refractivity contribution in [1.29, 1.82) is 0 Å². The van der Waals surface area contributed by atoms with E-state index in [0.29, 0.717) is 22.9 Å². The van der Waals surface area contributed by atoms with Crippen molar-refractivity contribution in [3.63, 3.8) is 0 Å². The van der Waals surface area contributed by atoms with Gasteiger partial charge in [0.05, 0.1) is 33.3 Å². The van der Waals surface area contributed by atoms with Gasteiger partial charge >= 0.3 is 0 Å². The van der Waals surface area contributed by atoms with Gasteiger partial charge in [-0.2, -0.15) is 0 Å². The first kappa shape index (κ1) is 20.9. The zero-order chi connectivity index (χ0) is 19.2. The molecule has 1 rings (SSSR count). The lowest BCUT2D eigenvalue weighted by atomic mass is 10.2. The summed E-state index contributed by atoms with van der Waals surface area (Å²) in [5.41, 5.74) is 0.328. The third-order valence-corrected chi connectivity index (χ3v) is 4.52. The molecule has 0 atom stereocenters. The van der Waals surface area contributed by atoms with E-state index in [0.717, 1.165) is 10.6 Å².